The molecule has 2 nitrogen and oxygen atoms in total. The van der Waals surface area contributed by atoms with Gasteiger partial charge in [0.1, 0.15) is 18.5 Å². The highest BCUT2D eigenvalue weighted by Gasteiger charge is 2.22. The van der Waals surface area contributed by atoms with E-state index in [1.54, 1.807) is 0 Å². The number of halogens is 5. The lowest BCUT2D eigenvalue weighted by molar-refractivity contribution is 0.126. The van der Waals surface area contributed by atoms with Crippen LogP contribution in [0.1, 0.15) is 0 Å². The molecule has 0 aliphatic heterocycles. The number of hydrogen-bond donors (Lipinski definition) is 1. The highest BCUT2D eigenvalue weighted by atomic mass is 35.5. The molecular weight excluding hydrogens is 300 g/mol. The number of aliphatic hydroxyl groups excluding tert-OH is 1. The molecule has 2 rings (SSSR count). The average molecular weight is 309 g/mol. The molecule has 0 spiro atoms. The third-order valence-electron chi connectivity index (χ3n) is 2.67. The van der Waals surface area contributed by atoms with Crippen LogP contribution in [0.3, 0.4) is 0 Å². The van der Waals surface area contributed by atoms with Crippen molar-refractivity contribution < 1.29 is 27.4 Å². The Morgan fingerprint density at radius 1 is 1.05 bits per heavy atom. The van der Waals surface area contributed by atoms with Crippen LogP contribution in [0.5, 0.6) is 5.75 Å². The van der Waals surface area contributed by atoms with E-state index in [4.69, 9.17) is 16.3 Å². The Kier molecular flexibility index (Phi) is 4.35. The summed E-state index contributed by atoms with van der Waals surface area (Å²) >= 11 is 5.37. The van der Waals surface area contributed by atoms with E-state index >= 15 is 0 Å². The number of ether oxygens (including phenoxy) is 1. The van der Waals surface area contributed by atoms with Gasteiger partial charge in [0.15, 0.2) is 23.3 Å². The molecule has 0 aliphatic rings. The van der Waals surface area contributed by atoms with Gasteiger partial charge < -0.3 is 9.84 Å². The predicted octanol–water partition coefficient (Wildman–Crippen LogP) is 3.37. The van der Waals surface area contributed by atoms with Gasteiger partial charge in [-0.05, 0) is 6.07 Å². The topological polar surface area (TPSA) is 29.5 Å². The number of hydrogen-bond acceptors (Lipinski definition) is 2. The smallest absolute Gasteiger partial charge is 0.198 e. The largest absolute Gasteiger partial charge is 0.490 e. The Hall–Kier alpha value is -1.53. The third kappa shape index (κ3) is 2.53. The summed E-state index contributed by atoms with van der Waals surface area (Å²) in [5.41, 5.74) is 0. The Morgan fingerprint density at radius 3 is 2.35 bits per heavy atom. The molecule has 0 amide bonds. The normalized spacial score (nSPS) is 12.7. The minimum atomic E-state index is -1.91. The van der Waals surface area contributed by atoms with E-state index in [2.05, 4.69) is 0 Å². The van der Waals surface area contributed by atoms with Gasteiger partial charge in [-0.15, -0.1) is 11.6 Å². The minimum absolute atomic E-state index is 0.120. The van der Waals surface area contributed by atoms with Crippen molar-refractivity contribution in [2.75, 3.05) is 12.5 Å². The lowest BCUT2D eigenvalue weighted by Crippen LogP contribution is -2.19. The number of fused-ring (bicyclic) bond motifs is 1. The van der Waals surface area contributed by atoms with Gasteiger partial charge in [-0.3, -0.25) is 0 Å². The van der Waals surface area contributed by atoms with E-state index in [1.807, 2.05) is 0 Å². The van der Waals surface area contributed by atoms with Crippen LogP contribution in [-0.4, -0.2) is 23.7 Å². The van der Waals surface area contributed by atoms with Crippen molar-refractivity contribution in [2.45, 2.75) is 6.10 Å². The van der Waals surface area contributed by atoms with E-state index in [-0.39, 0.29) is 18.2 Å². The van der Waals surface area contributed by atoms with Crippen LogP contribution in [-0.2, 0) is 0 Å². The molecule has 0 saturated carbocycles. The SMILES string of the molecule is O[C@H](CCl)COc1cccc2c(F)c(F)c(F)c(F)c12. The molecule has 2 aromatic carbocycles. The second-order valence-corrected chi connectivity index (χ2v) is 4.36. The lowest BCUT2D eigenvalue weighted by atomic mass is 10.1. The van der Waals surface area contributed by atoms with Crippen LogP contribution in [0.2, 0.25) is 0 Å². The fourth-order valence-corrected chi connectivity index (χ4v) is 1.80. The molecule has 7 heteroatoms. The van der Waals surface area contributed by atoms with Crippen LogP contribution in [0.15, 0.2) is 18.2 Å². The summed E-state index contributed by atoms with van der Waals surface area (Å²) in [7, 11) is 0. The molecule has 0 heterocycles. The van der Waals surface area contributed by atoms with Crippen molar-refractivity contribution in [3.05, 3.63) is 41.5 Å². The van der Waals surface area contributed by atoms with Crippen molar-refractivity contribution in [2.24, 2.45) is 0 Å². The van der Waals surface area contributed by atoms with Crippen LogP contribution in [0.4, 0.5) is 17.6 Å². The van der Waals surface area contributed by atoms with Crippen LogP contribution in [0.25, 0.3) is 10.8 Å². The first-order chi connectivity index (χ1) is 9.47. The molecule has 0 fully saturated rings. The highest BCUT2D eigenvalue weighted by Crippen LogP contribution is 2.33. The molecular formula is C13H9ClF4O2. The average Bonchev–Trinajstić information content (AvgIpc) is 2.47. The number of aliphatic hydroxyl groups is 1. The summed E-state index contributed by atoms with van der Waals surface area (Å²) < 4.78 is 58.8. The molecule has 0 unspecified atom stereocenters. The van der Waals surface area contributed by atoms with Crippen LogP contribution < -0.4 is 4.74 Å². The first-order valence-corrected chi connectivity index (χ1v) is 6.12. The molecule has 0 aromatic heterocycles. The van der Waals surface area contributed by atoms with E-state index in [1.165, 1.54) is 12.1 Å². The minimum Gasteiger partial charge on any atom is -0.490 e. The first-order valence-electron chi connectivity index (χ1n) is 5.58. The summed E-state index contributed by atoms with van der Waals surface area (Å²) in [5.74, 6) is -7.17. The van der Waals surface area contributed by atoms with Crippen molar-refractivity contribution in [3.63, 3.8) is 0 Å². The number of rotatable bonds is 4. The van der Waals surface area contributed by atoms with E-state index in [9.17, 15) is 22.7 Å². The Morgan fingerprint density at radius 2 is 1.70 bits per heavy atom. The fourth-order valence-electron chi connectivity index (χ4n) is 1.71. The van der Waals surface area contributed by atoms with Gasteiger partial charge in [0, 0.05) is 5.39 Å². The number of alkyl halides is 1. The fraction of sp³-hybridized carbons (Fsp3) is 0.231. The van der Waals surface area contributed by atoms with Crippen molar-refractivity contribution in [3.8, 4) is 5.75 Å². The standard InChI is InChI=1S/C13H9ClF4O2/c14-4-6(19)5-20-8-3-1-2-7-9(8)11(16)13(18)12(17)10(7)15/h1-3,6,19H,4-5H2/t6-/m1/s1. The summed E-state index contributed by atoms with van der Waals surface area (Å²) in [6, 6.07) is 3.65. The monoisotopic (exact) mass is 308 g/mol. The Balaban J connectivity index is 2.57. The molecule has 20 heavy (non-hydrogen) atoms. The van der Waals surface area contributed by atoms with Gasteiger partial charge in [0.25, 0.3) is 0 Å². The molecule has 0 bridgehead atoms. The molecule has 0 aliphatic carbocycles. The second kappa shape index (κ2) is 5.85. The molecule has 108 valence electrons. The van der Waals surface area contributed by atoms with Gasteiger partial charge in [-0.2, -0.15) is 0 Å². The maximum absolute atomic E-state index is 13.8. The molecule has 0 saturated heterocycles. The summed E-state index contributed by atoms with van der Waals surface area (Å²) in [5, 5.41) is 8.29. The van der Waals surface area contributed by atoms with Crippen molar-refractivity contribution in [1.29, 1.82) is 0 Å². The van der Waals surface area contributed by atoms with Gasteiger partial charge in [-0.1, -0.05) is 12.1 Å². The Bertz CT molecular complexity index is 648. The highest BCUT2D eigenvalue weighted by molar-refractivity contribution is 6.18. The molecule has 1 atom stereocenters. The summed E-state index contributed by atoms with van der Waals surface area (Å²) in [4.78, 5) is 0. The van der Waals surface area contributed by atoms with E-state index in [0.717, 1.165) is 6.07 Å². The molecule has 1 N–H and O–H groups in total. The Labute approximate surface area is 116 Å². The van der Waals surface area contributed by atoms with Gasteiger partial charge >= 0.3 is 0 Å². The van der Waals surface area contributed by atoms with Gasteiger partial charge in [-0.25, -0.2) is 17.6 Å². The zero-order valence-corrected chi connectivity index (χ0v) is 10.7. The quantitative estimate of drug-likeness (QED) is 0.406. The van der Waals surface area contributed by atoms with Crippen LogP contribution in [0, 0.1) is 23.3 Å². The van der Waals surface area contributed by atoms with Crippen LogP contribution >= 0.6 is 11.6 Å². The predicted molar refractivity (Wildman–Crippen MR) is 66.0 cm³/mol. The zero-order valence-electron chi connectivity index (χ0n) is 9.97. The zero-order chi connectivity index (χ0) is 14.9. The molecule has 2 aromatic rings. The second-order valence-electron chi connectivity index (χ2n) is 4.05. The summed E-state index contributed by atoms with van der Waals surface area (Å²) in [6.07, 6.45) is -1.02. The van der Waals surface area contributed by atoms with Crippen molar-refractivity contribution >= 4 is 22.4 Å². The maximum atomic E-state index is 13.8. The molecule has 0 radical (unpaired) electrons. The van der Waals surface area contributed by atoms with Gasteiger partial charge in [0.2, 0.25) is 0 Å². The van der Waals surface area contributed by atoms with Gasteiger partial charge in [0.05, 0.1) is 11.3 Å². The van der Waals surface area contributed by atoms with E-state index < -0.39 is 40.1 Å². The van der Waals surface area contributed by atoms with E-state index in [0.29, 0.717) is 0 Å². The summed E-state index contributed by atoms with van der Waals surface area (Å²) in [6.45, 7) is -0.289. The first kappa shape index (κ1) is 14.9. The lowest BCUT2D eigenvalue weighted by Gasteiger charge is -2.13. The number of benzene rings is 2. The third-order valence-corrected chi connectivity index (χ3v) is 3.03. The van der Waals surface area contributed by atoms with Crippen molar-refractivity contribution in [1.82, 2.24) is 0 Å². The maximum Gasteiger partial charge on any atom is 0.198 e.